The molecule has 0 aliphatic carbocycles. The fraction of sp³-hybridized carbons (Fsp3) is 0.217. The standard InChI is InChI=1S/C23H22N6O2S2/c30-20(15-32-22-25-17-8-4-5-9-18(17)26-22)28-24-14-19-21(16-6-2-1-3-7-16)27-23(33-19)29-10-12-31-13-11-29/h1-9,14H,10-13,15H2,(H,25,26)(H,28,30)/b24-14+. The molecule has 10 heteroatoms. The molecule has 3 heterocycles. The number of para-hydroxylation sites is 2. The van der Waals surface area contributed by atoms with Crippen LogP contribution in [-0.4, -0.2) is 59.1 Å². The average molecular weight is 479 g/mol. The molecule has 2 aromatic heterocycles. The molecule has 0 bridgehead atoms. The summed E-state index contributed by atoms with van der Waals surface area (Å²) in [6.07, 6.45) is 1.67. The van der Waals surface area contributed by atoms with Crippen molar-refractivity contribution >= 4 is 51.4 Å². The molecule has 0 atom stereocenters. The minimum Gasteiger partial charge on any atom is -0.378 e. The van der Waals surface area contributed by atoms with Crippen LogP contribution in [0.4, 0.5) is 5.13 Å². The molecule has 33 heavy (non-hydrogen) atoms. The first-order chi connectivity index (χ1) is 16.3. The summed E-state index contributed by atoms with van der Waals surface area (Å²) in [4.78, 5) is 28.0. The van der Waals surface area contributed by atoms with Gasteiger partial charge in [-0.05, 0) is 12.1 Å². The zero-order valence-corrected chi connectivity index (χ0v) is 19.4. The van der Waals surface area contributed by atoms with E-state index in [1.54, 1.807) is 17.6 Å². The van der Waals surface area contributed by atoms with Crippen LogP contribution in [0.5, 0.6) is 0 Å². The number of nitrogens with one attached hydrogen (secondary N) is 2. The van der Waals surface area contributed by atoms with Crippen molar-refractivity contribution in [3.05, 3.63) is 59.5 Å². The van der Waals surface area contributed by atoms with Crippen LogP contribution in [-0.2, 0) is 9.53 Å². The maximum absolute atomic E-state index is 12.3. The highest BCUT2D eigenvalue weighted by Crippen LogP contribution is 2.32. The highest BCUT2D eigenvalue weighted by atomic mass is 32.2. The molecular weight excluding hydrogens is 456 g/mol. The van der Waals surface area contributed by atoms with Gasteiger partial charge in [0.2, 0.25) is 0 Å². The SMILES string of the molecule is O=C(CSc1nc2ccccc2[nH]1)N/N=C/c1sc(N2CCOCC2)nc1-c1ccccc1. The number of hydrogen-bond donors (Lipinski definition) is 2. The fourth-order valence-electron chi connectivity index (χ4n) is 3.43. The van der Waals surface area contributed by atoms with Gasteiger partial charge in [0.25, 0.3) is 5.91 Å². The molecule has 1 fully saturated rings. The molecule has 168 valence electrons. The van der Waals surface area contributed by atoms with E-state index in [4.69, 9.17) is 9.72 Å². The minimum absolute atomic E-state index is 0.198. The lowest BCUT2D eigenvalue weighted by molar-refractivity contribution is -0.118. The van der Waals surface area contributed by atoms with Gasteiger partial charge in [-0.15, -0.1) is 0 Å². The number of aromatic amines is 1. The number of carbonyl (C=O) groups is 1. The smallest absolute Gasteiger partial charge is 0.250 e. The summed E-state index contributed by atoms with van der Waals surface area (Å²) in [6, 6.07) is 17.8. The molecule has 2 N–H and O–H groups in total. The number of hydrogen-bond acceptors (Lipinski definition) is 8. The van der Waals surface area contributed by atoms with Crippen LogP contribution in [0, 0.1) is 0 Å². The Hall–Kier alpha value is -3.21. The van der Waals surface area contributed by atoms with E-state index < -0.39 is 0 Å². The molecule has 0 radical (unpaired) electrons. The number of benzene rings is 2. The Morgan fingerprint density at radius 2 is 1.94 bits per heavy atom. The average Bonchev–Trinajstić information content (AvgIpc) is 3.48. The van der Waals surface area contributed by atoms with Gasteiger partial charge in [0, 0.05) is 18.7 Å². The number of anilines is 1. The van der Waals surface area contributed by atoms with Crippen LogP contribution in [0.2, 0.25) is 0 Å². The number of carbonyl (C=O) groups excluding carboxylic acids is 1. The third-order valence-electron chi connectivity index (χ3n) is 5.05. The molecule has 2 aromatic carbocycles. The van der Waals surface area contributed by atoms with Crippen molar-refractivity contribution < 1.29 is 9.53 Å². The Morgan fingerprint density at radius 1 is 1.15 bits per heavy atom. The summed E-state index contributed by atoms with van der Waals surface area (Å²) in [5.74, 6) is 0.0145. The summed E-state index contributed by atoms with van der Waals surface area (Å²) in [6.45, 7) is 3.02. The van der Waals surface area contributed by atoms with Crippen molar-refractivity contribution in [1.29, 1.82) is 0 Å². The number of rotatable bonds is 7. The third-order valence-corrected chi connectivity index (χ3v) is 6.97. The lowest BCUT2D eigenvalue weighted by Crippen LogP contribution is -2.36. The van der Waals surface area contributed by atoms with Gasteiger partial charge in [-0.25, -0.2) is 15.4 Å². The number of H-pyrrole nitrogens is 1. The number of morpholine rings is 1. The zero-order valence-electron chi connectivity index (χ0n) is 17.7. The predicted molar refractivity (Wildman–Crippen MR) is 133 cm³/mol. The minimum atomic E-state index is -0.198. The first-order valence-corrected chi connectivity index (χ1v) is 12.3. The lowest BCUT2D eigenvalue weighted by Gasteiger charge is -2.26. The number of fused-ring (bicyclic) bond motifs is 1. The van der Waals surface area contributed by atoms with E-state index in [-0.39, 0.29) is 11.7 Å². The fourth-order valence-corrected chi connectivity index (χ4v) is 5.12. The van der Waals surface area contributed by atoms with Crippen molar-refractivity contribution in [2.24, 2.45) is 5.10 Å². The summed E-state index contributed by atoms with van der Waals surface area (Å²) < 4.78 is 5.46. The van der Waals surface area contributed by atoms with Gasteiger partial charge in [-0.1, -0.05) is 65.6 Å². The van der Waals surface area contributed by atoms with Gasteiger partial charge in [-0.3, -0.25) is 4.79 Å². The van der Waals surface area contributed by atoms with Gasteiger partial charge < -0.3 is 14.6 Å². The number of nitrogens with zero attached hydrogens (tertiary/aromatic N) is 4. The molecule has 5 rings (SSSR count). The number of amides is 1. The number of thioether (sulfide) groups is 1. The molecule has 1 aliphatic heterocycles. The Bertz CT molecular complexity index is 1230. The van der Waals surface area contributed by atoms with E-state index in [2.05, 4.69) is 25.4 Å². The van der Waals surface area contributed by atoms with Crippen LogP contribution in [0.25, 0.3) is 22.3 Å². The van der Waals surface area contributed by atoms with Gasteiger partial charge in [0.15, 0.2) is 10.3 Å². The second-order valence-electron chi connectivity index (χ2n) is 7.32. The monoisotopic (exact) mass is 478 g/mol. The molecule has 0 spiro atoms. The maximum atomic E-state index is 12.3. The number of aromatic nitrogens is 3. The number of hydrazone groups is 1. The quantitative estimate of drug-likeness (QED) is 0.239. The Morgan fingerprint density at radius 3 is 2.76 bits per heavy atom. The van der Waals surface area contributed by atoms with Crippen LogP contribution < -0.4 is 10.3 Å². The molecule has 0 unspecified atom stereocenters. The van der Waals surface area contributed by atoms with E-state index in [0.717, 1.165) is 45.4 Å². The summed E-state index contributed by atoms with van der Waals surface area (Å²) in [5.41, 5.74) is 6.32. The van der Waals surface area contributed by atoms with Crippen molar-refractivity contribution in [1.82, 2.24) is 20.4 Å². The van der Waals surface area contributed by atoms with Gasteiger partial charge in [0.05, 0.1) is 46.8 Å². The van der Waals surface area contributed by atoms with E-state index in [1.165, 1.54) is 11.8 Å². The molecule has 1 saturated heterocycles. The van der Waals surface area contributed by atoms with Crippen LogP contribution in [0.1, 0.15) is 4.88 Å². The molecule has 4 aromatic rings. The van der Waals surface area contributed by atoms with E-state index in [0.29, 0.717) is 18.4 Å². The van der Waals surface area contributed by atoms with Crippen molar-refractivity contribution in [3.63, 3.8) is 0 Å². The molecule has 0 saturated carbocycles. The third kappa shape index (κ3) is 5.24. The Labute approximate surface area is 199 Å². The largest absolute Gasteiger partial charge is 0.378 e. The molecule has 1 amide bonds. The number of imidazole rings is 1. The van der Waals surface area contributed by atoms with Crippen molar-refractivity contribution in [3.8, 4) is 11.3 Å². The van der Waals surface area contributed by atoms with E-state index in [9.17, 15) is 4.79 Å². The Kier molecular flexibility index (Phi) is 6.66. The zero-order chi connectivity index (χ0) is 22.5. The topological polar surface area (TPSA) is 95.5 Å². The molecular formula is C23H22N6O2S2. The van der Waals surface area contributed by atoms with Gasteiger partial charge >= 0.3 is 0 Å². The summed E-state index contributed by atoms with van der Waals surface area (Å²) in [7, 11) is 0. The maximum Gasteiger partial charge on any atom is 0.250 e. The molecule has 8 nitrogen and oxygen atoms in total. The second-order valence-corrected chi connectivity index (χ2v) is 9.29. The van der Waals surface area contributed by atoms with E-state index >= 15 is 0 Å². The number of ether oxygens (including phenoxy) is 1. The normalized spacial score (nSPS) is 14.2. The van der Waals surface area contributed by atoms with E-state index in [1.807, 2.05) is 54.6 Å². The number of thiazole rings is 1. The Balaban J connectivity index is 1.25. The predicted octanol–water partition coefficient (Wildman–Crippen LogP) is 3.77. The van der Waals surface area contributed by atoms with Gasteiger partial charge in [0.1, 0.15) is 0 Å². The van der Waals surface area contributed by atoms with Crippen LogP contribution in [0.3, 0.4) is 0 Å². The second kappa shape index (κ2) is 10.2. The summed E-state index contributed by atoms with van der Waals surface area (Å²) in [5, 5.41) is 5.84. The van der Waals surface area contributed by atoms with Crippen LogP contribution in [0.15, 0.2) is 64.9 Å². The highest BCUT2D eigenvalue weighted by Gasteiger charge is 2.19. The molecule has 1 aliphatic rings. The van der Waals surface area contributed by atoms with Crippen LogP contribution >= 0.6 is 23.1 Å². The van der Waals surface area contributed by atoms with Crippen molar-refractivity contribution in [2.45, 2.75) is 5.16 Å². The highest BCUT2D eigenvalue weighted by molar-refractivity contribution is 7.99. The first-order valence-electron chi connectivity index (χ1n) is 10.5. The van der Waals surface area contributed by atoms with Gasteiger partial charge in [-0.2, -0.15) is 5.10 Å². The lowest BCUT2D eigenvalue weighted by atomic mass is 10.1. The summed E-state index contributed by atoms with van der Waals surface area (Å²) >= 11 is 2.91. The van der Waals surface area contributed by atoms with Crippen molar-refractivity contribution in [2.75, 3.05) is 37.0 Å². The first kappa shape index (κ1) is 21.6.